The van der Waals surface area contributed by atoms with Gasteiger partial charge in [-0.15, -0.1) is 0 Å². The van der Waals surface area contributed by atoms with Crippen LogP contribution in [0.2, 0.25) is 10.0 Å². The van der Waals surface area contributed by atoms with E-state index in [1.54, 1.807) is 30.3 Å². The van der Waals surface area contributed by atoms with Crippen molar-refractivity contribution in [1.82, 2.24) is 0 Å². The second-order valence-electron chi connectivity index (χ2n) is 4.60. The van der Waals surface area contributed by atoms with Crippen LogP contribution in [0.15, 0.2) is 36.4 Å². The van der Waals surface area contributed by atoms with Gasteiger partial charge in [0.15, 0.2) is 0 Å². The van der Waals surface area contributed by atoms with E-state index in [4.69, 9.17) is 23.2 Å². The van der Waals surface area contributed by atoms with Crippen LogP contribution in [0.5, 0.6) is 0 Å². The number of amides is 1. The molecule has 0 saturated heterocycles. The van der Waals surface area contributed by atoms with Crippen molar-refractivity contribution in [2.24, 2.45) is 0 Å². The van der Waals surface area contributed by atoms with Crippen LogP contribution in [0.3, 0.4) is 0 Å². The van der Waals surface area contributed by atoms with Crippen molar-refractivity contribution in [1.29, 1.82) is 0 Å². The van der Waals surface area contributed by atoms with Crippen LogP contribution in [-0.2, 0) is 4.74 Å². The summed E-state index contributed by atoms with van der Waals surface area (Å²) in [6.07, 6.45) is 0. The predicted molar refractivity (Wildman–Crippen MR) is 86.9 cm³/mol. The van der Waals surface area contributed by atoms with Gasteiger partial charge in [0.05, 0.1) is 23.3 Å². The van der Waals surface area contributed by atoms with E-state index in [0.29, 0.717) is 21.3 Å². The molecular weight excluding hydrogens is 325 g/mol. The van der Waals surface area contributed by atoms with Gasteiger partial charge in [-0.25, -0.2) is 4.79 Å². The van der Waals surface area contributed by atoms with Gasteiger partial charge < -0.3 is 10.1 Å². The van der Waals surface area contributed by atoms with Crippen molar-refractivity contribution < 1.29 is 14.3 Å². The zero-order chi connectivity index (χ0) is 16.3. The number of carbonyl (C=O) groups is 2. The molecule has 0 aliphatic carbocycles. The maximum atomic E-state index is 12.3. The summed E-state index contributed by atoms with van der Waals surface area (Å²) in [6, 6.07) is 9.54. The van der Waals surface area contributed by atoms with Crippen LogP contribution in [0.4, 0.5) is 5.69 Å². The zero-order valence-corrected chi connectivity index (χ0v) is 13.5. The first-order valence-electron chi connectivity index (χ1n) is 6.37. The molecule has 0 aromatic heterocycles. The van der Waals surface area contributed by atoms with E-state index in [1.165, 1.54) is 13.2 Å². The van der Waals surface area contributed by atoms with Gasteiger partial charge in [-0.2, -0.15) is 0 Å². The minimum atomic E-state index is -0.476. The lowest BCUT2D eigenvalue weighted by Gasteiger charge is -2.11. The van der Waals surface area contributed by atoms with Crippen LogP contribution in [-0.4, -0.2) is 19.0 Å². The molecule has 0 aliphatic heterocycles. The fourth-order valence-corrected chi connectivity index (χ4v) is 2.24. The van der Waals surface area contributed by atoms with Crippen molar-refractivity contribution in [2.45, 2.75) is 6.92 Å². The van der Waals surface area contributed by atoms with Crippen LogP contribution in [0.1, 0.15) is 26.3 Å². The molecule has 0 radical (unpaired) electrons. The minimum absolute atomic E-state index is 0.261. The minimum Gasteiger partial charge on any atom is -0.465 e. The lowest BCUT2D eigenvalue weighted by Crippen LogP contribution is -2.14. The predicted octanol–water partition coefficient (Wildman–Crippen LogP) is 4.34. The van der Waals surface area contributed by atoms with Gasteiger partial charge in [-0.1, -0.05) is 29.3 Å². The lowest BCUT2D eigenvalue weighted by atomic mass is 10.1. The number of carbonyl (C=O) groups excluding carboxylic acids is 2. The smallest absolute Gasteiger partial charge is 0.337 e. The van der Waals surface area contributed by atoms with E-state index in [2.05, 4.69) is 10.1 Å². The molecule has 0 saturated carbocycles. The maximum Gasteiger partial charge on any atom is 0.337 e. The number of rotatable bonds is 3. The molecule has 1 N–H and O–H groups in total. The van der Waals surface area contributed by atoms with Crippen molar-refractivity contribution in [3.05, 3.63) is 63.1 Å². The molecule has 0 fully saturated rings. The summed E-state index contributed by atoms with van der Waals surface area (Å²) >= 11 is 11.9. The Balaban J connectivity index is 2.32. The number of halogens is 2. The van der Waals surface area contributed by atoms with Crippen molar-refractivity contribution in [2.75, 3.05) is 12.4 Å². The fraction of sp³-hybridized carbons (Fsp3) is 0.125. The van der Waals surface area contributed by atoms with Gasteiger partial charge >= 0.3 is 5.97 Å². The van der Waals surface area contributed by atoms with Gasteiger partial charge in [0.25, 0.3) is 5.91 Å². The quantitative estimate of drug-likeness (QED) is 0.847. The third-order valence-electron chi connectivity index (χ3n) is 3.08. The van der Waals surface area contributed by atoms with Crippen LogP contribution >= 0.6 is 23.2 Å². The third-order valence-corrected chi connectivity index (χ3v) is 3.64. The first kappa shape index (κ1) is 16.3. The summed E-state index contributed by atoms with van der Waals surface area (Å²) in [5.41, 5.74) is 1.92. The summed E-state index contributed by atoms with van der Waals surface area (Å²) in [5, 5.41) is 3.43. The molecular formula is C16H13Cl2NO3. The monoisotopic (exact) mass is 337 g/mol. The van der Waals surface area contributed by atoms with Crippen LogP contribution in [0, 0.1) is 6.92 Å². The Morgan fingerprint density at radius 2 is 1.82 bits per heavy atom. The lowest BCUT2D eigenvalue weighted by molar-refractivity contribution is 0.0600. The number of ether oxygens (including phenoxy) is 1. The normalized spacial score (nSPS) is 10.2. The van der Waals surface area contributed by atoms with E-state index in [1.807, 2.05) is 6.92 Å². The molecule has 0 aliphatic rings. The van der Waals surface area contributed by atoms with Crippen LogP contribution < -0.4 is 5.32 Å². The summed E-state index contributed by atoms with van der Waals surface area (Å²) in [4.78, 5) is 23.9. The van der Waals surface area contributed by atoms with E-state index in [9.17, 15) is 9.59 Å². The van der Waals surface area contributed by atoms with E-state index in [0.717, 1.165) is 5.56 Å². The largest absolute Gasteiger partial charge is 0.465 e. The SMILES string of the molecule is COC(=O)c1ccc(C)c(NC(=O)c2cc(Cl)ccc2Cl)c1. The molecule has 0 atom stereocenters. The van der Waals surface area contributed by atoms with Crippen molar-refractivity contribution >= 4 is 40.8 Å². The Kier molecular flexibility index (Phi) is 5.06. The first-order valence-corrected chi connectivity index (χ1v) is 7.13. The maximum absolute atomic E-state index is 12.3. The molecule has 2 rings (SSSR count). The van der Waals surface area contributed by atoms with Crippen molar-refractivity contribution in [3.63, 3.8) is 0 Å². The fourth-order valence-electron chi connectivity index (χ4n) is 1.86. The zero-order valence-electron chi connectivity index (χ0n) is 11.9. The highest BCUT2D eigenvalue weighted by atomic mass is 35.5. The second kappa shape index (κ2) is 6.81. The Morgan fingerprint density at radius 1 is 1.09 bits per heavy atom. The Hall–Kier alpha value is -2.04. The number of methoxy groups -OCH3 is 1. The summed E-state index contributed by atoms with van der Waals surface area (Å²) in [5.74, 6) is -0.881. The average molecular weight is 338 g/mol. The second-order valence-corrected chi connectivity index (χ2v) is 5.44. The Morgan fingerprint density at radius 3 is 2.50 bits per heavy atom. The molecule has 0 spiro atoms. The number of hydrogen-bond donors (Lipinski definition) is 1. The van der Waals surface area contributed by atoms with Gasteiger partial charge in [0, 0.05) is 10.7 Å². The molecule has 0 heterocycles. The van der Waals surface area contributed by atoms with Crippen molar-refractivity contribution in [3.8, 4) is 0 Å². The Bertz CT molecular complexity index is 744. The molecule has 4 nitrogen and oxygen atoms in total. The number of aryl methyl sites for hydroxylation is 1. The highest BCUT2D eigenvalue weighted by Crippen LogP contribution is 2.23. The molecule has 0 bridgehead atoms. The summed E-state index contributed by atoms with van der Waals surface area (Å²) in [6.45, 7) is 1.82. The summed E-state index contributed by atoms with van der Waals surface area (Å²) in [7, 11) is 1.30. The highest BCUT2D eigenvalue weighted by Gasteiger charge is 2.14. The topological polar surface area (TPSA) is 55.4 Å². The standard InChI is InChI=1S/C16H13Cl2NO3/c1-9-3-4-10(16(21)22-2)7-14(9)19-15(20)12-8-11(17)5-6-13(12)18/h3-8H,1-2H3,(H,19,20). The summed E-state index contributed by atoms with van der Waals surface area (Å²) < 4.78 is 4.67. The number of benzene rings is 2. The van der Waals surface area contributed by atoms with Gasteiger partial charge in [-0.05, 0) is 42.8 Å². The Labute approximate surface area is 138 Å². The average Bonchev–Trinajstić information content (AvgIpc) is 2.50. The number of hydrogen-bond acceptors (Lipinski definition) is 3. The van der Waals surface area contributed by atoms with E-state index < -0.39 is 11.9 Å². The van der Waals surface area contributed by atoms with Gasteiger partial charge in [0.1, 0.15) is 0 Å². The number of nitrogens with one attached hydrogen (secondary N) is 1. The van der Waals surface area contributed by atoms with Gasteiger partial charge in [0.2, 0.25) is 0 Å². The number of esters is 1. The van der Waals surface area contributed by atoms with E-state index in [-0.39, 0.29) is 5.56 Å². The molecule has 1 amide bonds. The highest BCUT2D eigenvalue weighted by molar-refractivity contribution is 6.36. The van der Waals surface area contributed by atoms with E-state index >= 15 is 0 Å². The molecule has 2 aromatic carbocycles. The first-order chi connectivity index (χ1) is 10.4. The van der Waals surface area contributed by atoms with Gasteiger partial charge in [-0.3, -0.25) is 4.79 Å². The number of anilines is 1. The van der Waals surface area contributed by atoms with Crippen LogP contribution in [0.25, 0.3) is 0 Å². The molecule has 22 heavy (non-hydrogen) atoms. The molecule has 114 valence electrons. The molecule has 2 aromatic rings. The molecule has 0 unspecified atom stereocenters. The molecule has 6 heteroatoms. The third kappa shape index (κ3) is 3.59.